The summed E-state index contributed by atoms with van der Waals surface area (Å²) in [5.74, 6) is 0. The van der Waals surface area contributed by atoms with Gasteiger partial charge in [0.2, 0.25) is 0 Å². The number of hydrogen-bond acceptors (Lipinski definition) is 0. The largest absolute Gasteiger partial charge is 0.0865 e. The van der Waals surface area contributed by atoms with Crippen molar-refractivity contribution in [1.29, 1.82) is 0 Å². The van der Waals surface area contributed by atoms with E-state index in [1.807, 2.05) is 31.2 Å². The van der Waals surface area contributed by atoms with E-state index in [4.69, 9.17) is 0 Å². The molecule has 3 rings (SSSR count). The molecule has 3 aromatic carbocycles. The summed E-state index contributed by atoms with van der Waals surface area (Å²) >= 11 is 3.49. The third kappa shape index (κ3) is 3.74. The molecule has 0 saturated heterocycles. The minimum Gasteiger partial charge on any atom is -0.0865 e. The smallest absolute Gasteiger partial charge is 0.0171 e. The van der Waals surface area contributed by atoms with Gasteiger partial charge in [-0.2, -0.15) is 0 Å². The molecular weight excluding hydrogens is 356 g/mol. The van der Waals surface area contributed by atoms with Gasteiger partial charge < -0.3 is 0 Å². The Bertz CT molecular complexity index is 972. The van der Waals surface area contributed by atoms with Crippen molar-refractivity contribution in [2.45, 2.75) is 6.92 Å². The van der Waals surface area contributed by atoms with Crippen molar-refractivity contribution < 1.29 is 0 Å². The van der Waals surface area contributed by atoms with Crippen LogP contribution in [0.2, 0.25) is 0 Å². The zero-order valence-corrected chi connectivity index (χ0v) is 15.2. The highest BCUT2D eigenvalue weighted by molar-refractivity contribution is 9.11. The second-order valence-electron chi connectivity index (χ2n) is 5.53. The van der Waals surface area contributed by atoms with E-state index in [-0.39, 0.29) is 0 Å². The average Bonchev–Trinajstić information content (AvgIpc) is 2.61. The lowest BCUT2D eigenvalue weighted by Crippen LogP contribution is -1.82. The van der Waals surface area contributed by atoms with Crippen LogP contribution in [-0.2, 0) is 0 Å². The monoisotopic (exact) mass is 374 g/mol. The van der Waals surface area contributed by atoms with Gasteiger partial charge in [-0.15, -0.1) is 0 Å². The summed E-state index contributed by atoms with van der Waals surface area (Å²) in [5.41, 5.74) is 1.24. The van der Waals surface area contributed by atoms with E-state index < -0.39 is 0 Å². The van der Waals surface area contributed by atoms with E-state index in [1.54, 1.807) is 0 Å². The minimum atomic E-state index is 1.06. The van der Waals surface area contributed by atoms with Gasteiger partial charge in [0.05, 0.1) is 0 Å². The average molecular weight is 375 g/mol. The zero-order chi connectivity index (χ0) is 16.8. The summed E-state index contributed by atoms with van der Waals surface area (Å²) in [4.78, 5) is 0. The molecule has 0 bridgehead atoms. The molecule has 0 aliphatic carbocycles. The van der Waals surface area contributed by atoms with Crippen LogP contribution in [0, 0.1) is 0 Å². The Balaban J connectivity index is 1.98. The first-order chi connectivity index (χ1) is 11.8. The van der Waals surface area contributed by atoms with Crippen molar-refractivity contribution in [1.82, 2.24) is 0 Å². The molecule has 118 valence electrons. The van der Waals surface area contributed by atoms with E-state index in [0.717, 1.165) is 4.48 Å². The van der Waals surface area contributed by atoms with Crippen molar-refractivity contribution in [3.05, 3.63) is 101 Å². The molecule has 0 atom stereocenters. The topological polar surface area (TPSA) is 0 Å². The first kappa shape index (κ1) is 16.5. The van der Waals surface area contributed by atoms with Crippen molar-refractivity contribution in [2.24, 2.45) is 0 Å². The van der Waals surface area contributed by atoms with Crippen LogP contribution >= 0.6 is 15.9 Å². The van der Waals surface area contributed by atoms with E-state index in [0.29, 0.717) is 0 Å². The summed E-state index contributed by atoms with van der Waals surface area (Å²) < 4.78 is 1.06. The van der Waals surface area contributed by atoms with Crippen molar-refractivity contribution >= 4 is 43.6 Å². The molecule has 0 aromatic heterocycles. The molecule has 0 aliphatic heterocycles. The van der Waals surface area contributed by atoms with E-state index in [1.165, 1.54) is 27.1 Å². The Hall–Kier alpha value is -2.38. The van der Waals surface area contributed by atoms with E-state index in [2.05, 4.69) is 88.8 Å². The Morgan fingerprint density at radius 1 is 0.833 bits per heavy atom. The number of halogens is 1. The lowest BCUT2D eigenvalue weighted by Gasteiger charge is -2.07. The van der Waals surface area contributed by atoms with Crippen LogP contribution in [0.4, 0.5) is 0 Å². The van der Waals surface area contributed by atoms with E-state index in [9.17, 15) is 0 Å². The number of allylic oxidation sites excluding steroid dienone is 7. The zero-order valence-electron chi connectivity index (χ0n) is 13.6. The molecule has 24 heavy (non-hydrogen) atoms. The molecule has 0 saturated carbocycles. The fourth-order valence-electron chi connectivity index (χ4n) is 2.81. The van der Waals surface area contributed by atoms with Crippen LogP contribution in [0.3, 0.4) is 0 Å². The maximum atomic E-state index is 3.49. The van der Waals surface area contributed by atoms with Crippen LogP contribution in [0.25, 0.3) is 27.6 Å². The SMILES string of the molecule is C\C=C/C(Br)=C\C=C\C=C/c1cc2ccccc2c2ccccc12. The van der Waals surface area contributed by atoms with Gasteiger partial charge in [-0.3, -0.25) is 0 Å². The number of hydrogen-bond donors (Lipinski definition) is 0. The highest BCUT2D eigenvalue weighted by Gasteiger charge is 2.03. The summed E-state index contributed by atoms with van der Waals surface area (Å²) in [6.07, 6.45) is 14.4. The van der Waals surface area contributed by atoms with Gasteiger partial charge in [0.1, 0.15) is 0 Å². The van der Waals surface area contributed by atoms with Crippen molar-refractivity contribution in [2.75, 3.05) is 0 Å². The number of benzene rings is 3. The summed E-state index contributed by atoms with van der Waals surface area (Å²) in [7, 11) is 0. The fourth-order valence-corrected chi connectivity index (χ4v) is 3.22. The van der Waals surface area contributed by atoms with Crippen LogP contribution < -0.4 is 0 Å². The summed E-state index contributed by atoms with van der Waals surface area (Å²) in [6.45, 7) is 2.00. The molecule has 0 amide bonds. The standard InChI is InChI=1S/C23H19Br/c1-2-10-20(24)13-5-3-4-11-18-17-19-12-6-7-14-21(19)23-16-9-8-15-22(18)23/h2-17H,1H3/b5-3+,10-2-,11-4-,20-13+. The van der Waals surface area contributed by atoms with Gasteiger partial charge >= 0.3 is 0 Å². The summed E-state index contributed by atoms with van der Waals surface area (Å²) in [5, 5.41) is 5.16. The third-order valence-corrected chi connectivity index (χ3v) is 4.41. The predicted molar refractivity (Wildman–Crippen MR) is 111 cm³/mol. The first-order valence-corrected chi connectivity index (χ1v) is 8.82. The number of fused-ring (bicyclic) bond motifs is 3. The Morgan fingerprint density at radius 2 is 1.54 bits per heavy atom. The predicted octanol–water partition coefficient (Wildman–Crippen LogP) is 7.42. The second kappa shape index (κ2) is 7.94. The molecule has 0 N–H and O–H groups in total. The van der Waals surface area contributed by atoms with Crippen LogP contribution in [0.5, 0.6) is 0 Å². The van der Waals surface area contributed by atoms with E-state index >= 15 is 0 Å². The Morgan fingerprint density at radius 3 is 2.33 bits per heavy atom. The van der Waals surface area contributed by atoms with Gasteiger partial charge in [-0.05, 0) is 46.2 Å². The molecule has 0 fully saturated rings. The second-order valence-corrected chi connectivity index (χ2v) is 6.44. The molecule has 0 heterocycles. The highest BCUT2D eigenvalue weighted by Crippen LogP contribution is 2.29. The van der Waals surface area contributed by atoms with Gasteiger partial charge in [-0.1, -0.05) is 101 Å². The molecule has 1 heteroatoms. The van der Waals surface area contributed by atoms with Gasteiger partial charge in [0, 0.05) is 4.48 Å². The minimum absolute atomic E-state index is 1.06. The highest BCUT2D eigenvalue weighted by atomic mass is 79.9. The third-order valence-electron chi connectivity index (χ3n) is 3.88. The van der Waals surface area contributed by atoms with Gasteiger partial charge in [-0.25, -0.2) is 0 Å². The fraction of sp³-hybridized carbons (Fsp3) is 0.0435. The lowest BCUT2D eigenvalue weighted by atomic mass is 9.97. The Kier molecular flexibility index (Phi) is 5.45. The van der Waals surface area contributed by atoms with Crippen LogP contribution in [0.1, 0.15) is 12.5 Å². The van der Waals surface area contributed by atoms with Crippen molar-refractivity contribution in [3.63, 3.8) is 0 Å². The van der Waals surface area contributed by atoms with Gasteiger partial charge in [0.15, 0.2) is 0 Å². The quantitative estimate of drug-likeness (QED) is 0.329. The molecule has 0 nitrogen and oxygen atoms in total. The maximum Gasteiger partial charge on any atom is 0.0171 e. The first-order valence-electron chi connectivity index (χ1n) is 8.03. The lowest BCUT2D eigenvalue weighted by molar-refractivity contribution is 1.72. The molecular formula is C23H19Br. The van der Waals surface area contributed by atoms with Crippen LogP contribution in [0.15, 0.2) is 95.5 Å². The van der Waals surface area contributed by atoms with Crippen molar-refractivity contribution in [3.8, 4) is 0 Å². The molecule has 3 aromatic rings. The molecule has 0 aliphatic rings. The van der Waals surface area contributed by atoms with Gasteiger partial charge in [0.25, 0.3) is 0 Å². The normalized spacial score (nSPS) is 13.2. The molecule has 0 radical (unpaired) electrons. The molecule has 0 unspecified atom stereocenters. The number of rotatable bonds is 4. The van der Waals surface area contributed by atoms with Crippen LogP contribution in [-0.4, -0.2) is 0 Å². The summed E-state index contributed by atoms with van der Waals surface area (Å²) in [6, 6.07) is 19.4. The molecule has 0 spiro atoms. The maximum absolute atomic E-state index is 3.49. The Labute approximate surface area is 151 Å².